The molecule has 0 radical (unpaired) electrons. The fourth-order valence-corrected chi connectivity index (χ4v) is 3.84. The molecule has 1 amide bonds. The van der Waals surface area contributed by atoms with E-state index in [1.807, 2.05) is 13.8 Å². The summed E-state index contributed by atoms with van der Waals surface area (Å²) < 4.78 is 27.2. The van der Waals surface area contributed by atoms with E-state index in [1.165, 1.54) is 42.5 Å². The number of anilines is 1. The first kappa shape index (κ1) is 20.6. The fourth-order valence-electron chi connectivity index (χ4n) is 2.40. The van der Waals surface area contributed by atoms with Gasteiger partial charge in [-0.1, -0.05) is 36.5 Å². The van der Waals surface area contributed by atoms with E-state index in [2.05, 4.69) is 10.0 Å². The highest BCUT2D eigenvalue weighted by molar-refractivity contribution is 7.92. The second-order valence-electron chi connectivity index (χ2n) is 5.92. The largest absolute Gasteiger partial charge is 0.350 e. The van der Waals surface area contributed by atoms with Crippen LogP contribution in [-0.2, 0) is 10.0 Å². The molecule has 26 heavy (non-hydrogen) atoms. The molecule has 0 aliphatic carbocycles. The zero-order valence-corrected chi connectivity index (χ0v) is 16.8. The van der Waals surface area contributed by atoms with Gasteiger partial charge in [0.2, 0.25) is 0 Å². The second kappa shape index (κ2) is 8.75. The Kier molecular flexibility index (Phi) is 6.92. The molecule has 0 saturated carbocycles. The number of halogens is 2. The van der Waals surface area contributed by atoms with Crippen molar-refractivity contribution >= 4 is 44.8 Å². The molecule has 2 rings (SSSR count). The van der Waals surface area contributed by atoms with Crippen molar-refractivity contribution in [3.63, 3.8) is 0 Å². The fraction of sp³-hybridized carbons (Fsp3) is 0.278. The third-order valence-corrected chi connectivity index (χ3v) is 5.65. The summed E-state index contributed by atoms with van der Waals surface area (Å²) in [6, 6.07) is 10.2. The number of hydrogen-bond acceptors (Lipinski definition) is 3. The van der Waals surface area contributed by atoms with Crippen molar-refractivity contribution in [3.8, 4) is 0 Å². The van der Waals surface area contributed by atoms with Gasteiger partial charge in [-0.25, -0.2) is 8.42 Å². The van der Waals surface area contributed by atoms with Crippen molar-refractivity contribution in [2.75, 3.05) is 4.72 Å². The normalized spacial score (nSPS) is 12.5. The second-order valence-corrected chi connectivity index (χ2v) is 8.44. The highest BCUT2D eigenvalue weighted by Crippen LogP contribution is 2.24. The van der Waals surface area contributed by atoms with Gasteiger partial charge in [-0.3, -0.25) is 9.52 Å². The molecular formula is C18H20Cl2N2O3S. The van der Waals surface area contributed by atoms with Gasteiger partial charge in [-0.05, 0) is 55.8 Å². The van der Waals surface area contributed by atoms with Crippen LogP contribution in [0.15, 0.2) is 47.4 Å². The minimum absolute atomic E-state index is 0.0339. The lowest BCUT2D eigenvalue weighted by Gasteiger charge is -2.14. The van der Waals surface area contributed by atoms with Crippen molar-refractivity contribution in [2.45, 2.75) is 37.6 Å². The van der Waals surface area contributed by atoms with Crippen LogP contribution in [0.3, 0.4) is 0 Å². The lowest BCUT2D eigenvalue weighted by Crippen LogP contribution is -2.32. The number of hydrogen-bond donors (Lipinski definition) is 2. The Morgan fingerprint density at radius 2 is 1.77 bits per heavy atom. The van der Waals surface area contributed by atoms with E-state index in [0.29, 0.717) is 10.6 Å². The number of sulfonamides is 1. The minimum Gasteiger partial charge on any atom is -0.350 e. The minimum atomic E-state index is -3.77. The van der Waals surface area contributed by atoms with Gasteiger partial charge in [0.15, 0.2) is 0 Å². The third-order valence-electron chi connectivity index (χ3n) is 3.69. The molecule has 0 unspecified atom stereocenters. The van der Waals surface area contributed by atoms with Crippen molar-refractivity contribution in [1.82, 2.24) is 5.32 Å². The number of carbonyl (C=O) groups excluding carboxylic acids is 1. The lowest BCUT2D eigenvalue weighted by molar-refractivity contribution is 0.0938. The molecule has 0 fully saturated rings. The zero-order chi connectivity index (χ0) is 19.3. The summed E-state index contributed by atoms with van der Waals surface area (Å²) >= 11 is 11.9. The van der Waals surface area contributed by atoms with Crippen LogP contribution in [0, 0.1) is 0 Å². The molecular weight excluding hydrogens is 395 g/mol. The molecule has 5 nitrogen and oxygen atoms in total. The first-order valence-electron chi connectivity index (χ1n) is 8.11. The monoisotopic (exact) mass is 414 g/mol. The van der Waals surface area contributed by atoms with E-state index >= 15 is 0 Å². The predicted octanol–water partition coefficient (Wildman–Crippen LogP) is 4.71. The van der Waals surface area contributed by atoms with E-state index in [1.54, 1.807) is 0 Å². The predicted molar refractivity (Wildman–Crippen MR) is 106 cm³/mol. The standard InChI is InChI=1S/C18H20Cl2N2O3S/c1-3-4-12(2)21-18(23)16-10-7-14(11-17(16)20)22-26(24,25)15-8-5-13(19)6-9-15/h5-12,22H,3-4H2,1-2H3,(H,21,23)/t12-/m0/s1. The summed E-state index contributed by atoms with van der Waals surface area (Å²) in [5, 5.41) is 3.48. The average molecular weight is 415 g/mol. The molecule has 2 aromatic rings. The lowest BCUT2D eigenvalue weighted by atomic mass is 10.1. The number of benzene rings is 2. The van der Waals surface area contributed by atoms with Crippen molar-refractivity contribution < 1.29 is 13.2 Å². The van der Waals surface area contributed by atoms with Gasteiger partial charge >= 0.3 is 0 Å². The van der Waals surface area contributed by atoms with Gasteiger partial charge in [0, 0.05) is 11.1 Å². The van der Waals surface area contributed by atoms with Crippen LogP contribution in [0.1, 0.15) is 37.0 Å². The molecule has 0 heterocycles. The molecule has 140 valence electrons. The number of amides is 1. The van der Waals surface area contributed by atoms with Gasteiger partial charge in [0.05, 0.1) is 21.2 Å². The maximum atomic E-state index is 12.4. The van der Waals surface area contributed by atoms with Gasteiger partial charge in [0.25, 0.3) is 15.9 Å². The molecule has 0 aromatic heterocycles. The summed E-state index contributed by atoms with van der Waals surface area (Å²) in [6.07, 6.45) is 1.82. The van der Waals surface area contributed by atoms with Crippen LogP contribution >= 0.6 is 23.2 Å². The van der Waals surface area contributed by atoms with Crippen molar-refractivity contribution in [2.24, 2.45) is 0 Å². The quantitative estimate of drug-likeness (QED) is 0.688. The zero-order valence-electron chi connectivity index (χ0n) is 14.4. The van der Waals surface area contributed by atoms with Crippen LogP contribution in [0.4, 0.5) is 5.69 Å². The summed E-state index contributed by atoms with van der Waals surface area (Å²) in [4.78, 5) is 12.3. The Morgan fingerprint density at radius 3 is 2.35 bits per heavy atom. The Balaban J connectivity index is 2.16. The van der Waals surface area contributed by atoms with E-state index in [9.17, 15) is 13.2 Å². The van der Waals surface area contributed by atoms with E-state index in [-0.39, 0.29) is 27.6 Å². The average Bonchev–Trinajstić information content (AvgIpc) is 2.55. The summed E-state index contributed by atoms with van der Waals surface area (Å²) in [5.41, 5.74) is 0.562. The number of rotatable bonds is 7. The maximum absolute atomic E-state index is 12.4. The maximum Gasteiger partial charge on any atom is 0.261 e. The summed E-state index contributed by atoms with van der Waals surface area (Å²) in [7, 11) is -3.77. The molecule has 1 atom stereocenters. The Morgan fingerprint density at radius 1 is 1.12 bits per heavy atom. The Hall–Kier alpha value is -1.76. The highest BCUT2D eigenvalue weighted by atomic mass is 35.5. The summed E-state index contributed by atoms with van der Waals surface area (Å²) in [6.45, 7) is 3.96. The van der Waals surface area contributed by atoms with E-state index in [0.717, 1.165) is 12.8 Å². The van der Waals surface area contributed by atoms with Crippen LogP contribution in [0.5, 0.6) is 0 Å². The Bertz CT molecular complexity index is 884. The molecule has 8 heteroatoms. The first-order valence-corrected chi connectivity index (χ1v) is 10.4. The van der Waals surface area contributed by atoms with E-state index < -0.39 is 10.0 Å². The molecule has 2 aromatic carbocycles. The van der Waals surface area contributed by atoms with Crippen LogP contribution < -0.4 is 10.0 Å². The number of carbonyl (C=O) groups is 1. The van der Waals surface area contributed by atoms with E-state index in [4.69, 9.17) is 23.2 Å². The van der Waals surface area contributed by atoms with Gasteiger partial charge in [-0.2, -0.15) is 0 Å². The van der Waals surface area contributed by atoms with Gasteiger partial charge in [-0.15, -0.1) is 0 Å². The smallest absolute Gasteiger partial charge is 0.261 e. The third kappa shape index (κ3) is 5.37. The van der Waals surface area contributed by atoms with Crippen molar-refractivity contribution in [3.05, 3.63) is 58.1 Å². The molecule has 0 saturated heterocycles. The van der Waals surface area contributed by atoms with Crippen molar-refractivity contribution in [1.29, 1.82) is 0 Å². The number of nitrogens with one attached hydrogen (secondary N) is 2. The van der Waals surface area contributed by atoms with Crippen LogP contribution in [0.25, 0.3) is 0 Å². The SMILES string of the molecule is CCC[C@H](C)NC(=O)c1ccc(NS(=O)(=O)c2ccc(Cl)cc2)cc1Cl. The summed E-state index contributed by atoms with van der Waals surface area (Å²) in [5.74, 6) is -0.289. The van der Waals surface area contributed by atoms with Crippen LogP contribution in [-0.4, -0.2) is 20.4 Å². The molecule has 2 N–H and O–H groups in total. The Labute approximate surface area is 163 Å². The van der Waals surface area contributed by atoms with Gasteiger partial charge in [0.1, 0.15) is 0 Å². The molecule has 0 aliphatic heterocycles. The first-order chi connectivity index (χ1) is 12.2. The van der Waals surface area contributed by atoms with Gasteiger partial charge < -0.3 is 5.32 Å². The molecule has 0 spiro atoms. The highest BCUT2D eigenvalue weighted by Gasteiger charge is 2.17. The topological polar surface area (TPSA) is 75.3 Å². The molecule has 0 aliphatic rings. The molecule has 0 bridgehead atoms. The van der Waals surface area contributed by atoms with Crippen LogP contribution in [0.2, 0.25) is 10.0 Å².